The van der Waals surface area contributed by atoms with Crippen molar-refractivity contribution >= 4 is 66.7 Å². The van der Waals surface area contributed by atoms with Crippen LogP contribution in [0.2, 0.25) is 10.0 Å². The Balaban J connectivity index is 2.28. The van der Waals surface area contributed by atoms with E-state index >= 15 is 0 Å². The number of carbonyl (C=O) groups excluding carboxylic acids is 1. The molecule has 0 unspecified atom stereocenters. The number of anilines is 1. The SMILES string of the molecule is O=C(Nc1ccc(Cl)cc1Cl)c1cc(Br)ccc1Br. The molecule has 98 valence electrons. The summed E-state index contributed by atoms with van der Waals surface area (Å²) in [5.74, 6) is -0.252. The second kappa shape index (κ2) is 6.27. The van der Waals surface area contributed by atoms with E-state index in [1.165, 1.54) is 0 Å². The van der Waals surface area contributed by atoms with Gasteiger partial charge in [-0.05, 0) is 52.3 Å². The Bertz CT molecular complexity index is 647. The highest BCUT2D eigenvalue weighted by Gasteiger charge is 2.12. The Morgan fingerprint density at radius 1 is 1.05 bits per heavy atom. The summed E-state index contributed by atoms with van der Waals surface area (Å²) in [6.45, 7) is 0. The van der Waals surface area contributed by atoms with E-state index in [9.17, 15) is 4.79 Å². The van der Waals surface area contributed by atoms with Gasteiger partial charge in [0.2, 0.25) is 0 Å². The quantitative estimate of drug-likeness (QED) is 0.652. The first-order valence-electron chi connectivity index (χ1n) is 5.19. The Labute approximate surface area is 137 Å². The lowest BCUT2D eigenvalue weighted by molar-refractivity contribution is 0.102. The molecule has 0 atom stereocenters. The van der Waals surface area contributed by atoms with Gasteiger partial charge in [0, 0.05) is 14.0 Å². The second-order valence-electron chi connectivity index (χ2n) is 3.70. The average Bonchev–Trinajstić information content (AvgIpc) is 2.35. The van der Waals surface area contributed by atoms with Gasteiger partial charge in [-0.25, -0.2) is 0 Å². The van der Waals surface area contributed by atoms with Gasteiger partial charge in [-0.2, -0.15) is 0 Å². The van der Waals surface area contributed by atoms with Crippen molar-refractivity contribution in [3.05, 3.63) is 61.0 Å². The second-order valence-corrected chi connectivity index (χ2v) is 6.32. The molecule has 2 aromatic carbocycles. The molecule has 0 aliphatic rings. The van der Waals surface area contributed by atoms with Crippen molar-refractivity contribution in [1.82, 2.24) is 0 Å². The molecule has 0 bridgehead atoms. The van der Waals surface area contributed by atoms with E-state index in [0.29, 0.717) is 25.8 Å². The van der Waals surface area contributed by atoms with E-state index in [-0.39, 0.29) is 5.91 Å². The zero-order valence-electron chi connectivity index (χ0n) is 9.38. The minimum Gasteiger partial charge on any atom is -0.321 e. The average molecular weight is 424 g/mol. The third kappa shape index (κ3) is 3.72. The summed E-state index contributed by atoms with van der Waals surface area (Å²) in [5, 5.41) is 3.66. The van der Waals surface area contributed by atoms with Gasteiger partial charge in [-0.1, -0.05) is 39.1 Å². The number of benzene rings is 2. The molecule has 0 heterocycles. The number of hydrogen-bond donors (Lipinski definition) is 1. The van der Waals surface area contributed by atoms with E-state index in [4.69, 9.17) is 23.2 Å². The molecule has 0 aliphatic carbocycles. The van der Waals surface area contributed by atoms with Crippen molar-refractivity contribution in [2.24, 2.45) is 0 Å². The molecule has 2 nitrogen and oxygen atoms in total. The molecular formula is C13H7Br2Cl2NO. The van der Waals surface area contributed by atoms with Gasteiger partial charge in [0.05, 0.1) is 16.3 Å². The van der Waals surface area contributed by atoms with E-state index in [2.05, 4.69) is 37.2 Å². The minimum absolute atomic E-state index is 0.252. The van der Waals surface area contributed by atoms with Crippen molar-refractivity contribution in [3.63, 3.8) is 0 Å². The highest BCUT2D eigenvalue weighted by atomic mass is 79.9. The predicted octanol–water partition coefficient (Wildman–Crippen LogP) is 5.77. The van der Waals surface area contributed by atoms with Crippen LogP contribution in [-0.4, -0.2) is 5.91 Å². The number of hydrogen-bond acceptors (Lipinski definition) is 1. The Morgan fingerprint density at radius 3 is 2.47 bits per heavy atom. The van der Waals surface area contributed by atoms with Crippen molar-refractivity contribution in [2.45, 2.75) is 0 Å². The normalized spacial score (nSPS) is 10.3. The van der Waals surface area contributed by atoms with Gasteiger partial charge in [0.1, 0.15) is 0 Å². The number of rotatable bonds is 2. The highest BCUT2D eigenvalue weighted by Crippen LogP contribution is 2.27. The number of carbonyl (C=O) groups is 1. The summed E-state index contributed by atoms with van der Waals surface area (Å²) >= 11 is 18.5. The summed E-state index contributed by atoms with van der Waals surface area (Å²) in [6, 6.07) is 10.3. The lowest BCUT2D eigenvalue weighted by Gasteiger charge is -2.09. The highest BCUT2D eigenvalue weighted by molar-refractivity contribution is 9.11. The molecular weight excluding hydrogens is 417 g/mol. The van der Waals surface area contributed by atoms with Crippen LogP contribution in [0.5, 0.6) is 0 Å². The minimum atomic E-state index is -0.252. The van der Waals surface area contributed by atoms with E-state index < -0.39 is 0 Å². The van der Waals surface area contributed by atoms with Crippen LogP contribution in [0.3, 0.4) is 0 Å². The van der Waals surface area contributed by atoms with Crippen LogP contribution in [0.15, 0.2) is 45.3 Å². The zero-order chi connectivity index (χ0) is 14.0. The molecule has 1 amide bonds. The summed E-state index contributed by atoms with van der Waals surface area (Å²) in [7, 11) is 0. The maximum absolute atomic E-state index is 12.2. The predicted molar refractivity (Wildman–Crippen MR) is 86.3 cm³/mol. The van der Waals surface area contributed by atoms with Crippen LogP contribution in [0.1, 0.15) is 10.4 Å². The maximum Gasteiger partial charge on any atom is 0.256 e. The monoisotopic (exact) mass is 421 g/mol. The van der Waals surface area contributed by atoms with E-state index in [1.54, 1.807) is 30.3 Å². The van der Waals surface area contributed by atoms with Crippen molar-refractivity contribution in [1.29, 1.82) is 0 Å². The van der Waals surface area contributed by atoms with Crippen molar-refractivity contribution < 1.29 is 4.79 Å². The van der Waals surface area contributed by atoms with Crippen molar-refractivity contribution in [3.8, 4) is 0 Å². The fraction of sp³-hybridized carbons (Fsp3) is 0. The summed E-state index contributed by atoms with van der Waals surface area (Å²) in [6.07, 6.45) is 0. The first-order valence-corrected chi connectivity index (χ1v) is 7.53. The molecule has 0 radical (unpaired) electrons. The zero-order valence-corrected chi connectivity index (χ0v) is 14.1. The molecule has 19 heavy (non-hydrogen) atoms. The Hall–Kier alpha value is -0.550. The van der Waals surface area contributed by atoms with Gasteiger partial charge >= 0.3 is 0 Å². The number of halogens is 4. The molecule has 2 aromatic rings. The third-order valence-electron chi connectivity index (χ3n) is 2.35. The van der Waals surface area contributed by atoms with Crippen LogP contribution >= 0.6 is 55.1 Å². The van der Waals surface area contributed by atoms with Crippen LogP contribution in [0.25, 0.3) is 0 Å². The molecule has 0 saturated carbocycles. The lowest BCUT2D eigenvalue weighted by atomic mass is 10.2. The van der Waals surface area contributed by atoms with Crippen LogP contribution < -0.4 is 5.32 Å². The summed E-state index contributed by atoms with van der Waals surface area (Å²) in [5.41, 5.74) is 1.03. The Morgan fingerprint density at radius 2 is 1.79 bits per heavy atom. The van der Waals surface area contributed by atoms with Gasteiger partial charge in [-0.15, -0.1) is 0 Å². The molecule has 0 saturated heterocycles. The molecule has 0 aromatic heterocycles. The topological polar surface area (TPSA) is 29.1 Å². The van der Waals surface area contributed by atoms with Crippen LogP contribution in [0, 0.1) is 0 Å². The molecule has 0 fully saturated rings. The van der Waals surface area contributed by atoms with Gasteiger partial charge < -0.3 is 5.32 Å². The smallest absolute Gasteiger partial charge is 0.256 e. The van der Waals surface area contributed by atoms with Gasteiger partial charge in [0.25, 0.3) is 5.91 Å². The Kier molecular flexibility index (Phi) is 4.90. The molecule has 1 N–H and O–H groups in total. The maximum atomic E-state index is 12.2. The number of amides is 1. The van der Waals surface area contributed by atoms with E-state index in [0.717, 1.165) is 4.47 Å². The van der Waals surface area contributed by atoms with Gasteiger partial charge in [-0.3, -0.25) is 4.79 Å². The molecule has 2 rings (SSSR count). The van der Waals surface area contributed by atoms with Crippen LogP contribution in [0.4, 0.5) is 5.69 Å². The summed E-state index contributed by atoms with van der Waals surface area (Å²) < 4.78 is 1.53. The first-order chi connectivity index (χ1) is 8.97. The first kappa shape index (κ1) is 14.9. The van der Waals surface area contributed by atoms with E-state index in [1.807, 2.05) is 6.07 Å². The molecule has 0 spiro atoms. The van der Waals surface area contributed by atoms with Crippen molar-refractivity contribution in [2.75, 3.05) is 5.32 Å². The largest absolute Gasteiger partial charge is 0.321 e. The number of nitrogens with one attached hydrogen (secondary N) is 1. The third-order valence-corrected chi connectivity index (χ3v) is 4.08. The fourth-order valence-electron chi connectivity index (χ4n) is 1.45. The molecule has 6 heteroatoms. The lowest BCUT2D eigenvalue weighted by Crippen LogP contribution is -2.12. The molecule has 0 aliphatic heterocycles. The van der Waals surface area contributed by atoms with Crippen LogP contribution in [-0.2, 0) is 0 Å². The fourth-order valence-corrected chi connectivity index (χ4v) is 2.70. The van der Waals surface area contributed by atoms with Gasteiger partial charge in [0.15, 0.2) is 0 Å². The standard InChI is InChI=1S/C13H7Br2Cl2NO/c14-7-1-3-10(15)9(5-7)13(19)18-12-4-2-8(16)6-11(12)17/h1-6H,(H,18,19). The summed E-state index contributed by atoms with van der Waals surface area (Å²) in [4.78, 5) is 12.2.